The normalized spacial score (nSPS) is 24.1. The third-order valence-electron chi connectivity index (χ3n) is 4.67. The minimum Gasteiger partial charge on any atom is -0.497 e. The van der Waals surface area contributed by atoms with Crippen LogP contribution in [0.4, 0.5) is 0 Å². The average Bonchev–Trinajstić information content (AvgIpc) is 3.25. The van der Waals surface area contributed by atoms with Crippen molar-refractivity contribution < 1.29 is 14.2 Å². The van der Waals surface area contributed by atoms with E-state index < -0.39 is 0 Å². The fourth-order valence-corrected chi connectivity index (χ4v) is 3.40. The number of aliphatic imine (C=N–C) groups is 1. The molecule has 0 spiro atoms. The maximum absolute atomic E-state index is 5.90. The molecule has 0 radical (unpaired) electrons. The molecule has 3 rings (SSSR count). The van der Waals surface area contributed by atoms with Crippen LogP contribution in [0.15, 0.2) is 29.3 Å². The Balaban J connectivity index is 0.00000243. The van der Waals surface area contributed by atoms with Crippen LogP contribution in [-0.2, 0) is 4.74 Å². The highest BCUT2D eigenvalue weighted by molar-refractivity contribution is 14.0. The lowest BCUT2D eigenvalue weighted by atomic mass is 9.96. The highest BCUT2D eigenvalue weighted by Crippen LogP contribution is 2.34. The molecule has 1 aromatic rings. The van der Waals surface area contributed by atoms with Crippen LogP contribution < -0.4 is 20.1 Å². The van der Waals surface area contributed by atoms with Crippen molar-refractivity contribution >= 4 is 29.9 Å². The molecule has 7 heteroatoms. The van der Waals surface area contributed by atoms with Crippen molar-refractivity contribution in [3.63, 3.8) is 0 Å². The van der Waals surface area contributed by atoms with Gasteiger partial charge in [0.15, 0.2) is 5.96 Å². The average molecular weight is 475 g/mol. The molecule has 2 saturated heterocycles. The number of fused-ring (bicyclic) bond motifs is 2. The van der Waals surface area contributed by atoms with Crippen LogP contribution in [-0.4, -0.2) is 51.0 Å². The molecule has 6 nitrogen and oxygen atoms in total. The standard InChI is InChI=1S/C19H29N3O3.HI/c1-3-20-19(22-17-13-16-9-10-18(17)25-16)21-11-4-12-24-15-7-5-14(23-2)6-8-15;/h5-8,16-18H,3-4,9-13H2,1-2H3,(H2,20,21,22);1H. The van der Waals surface area contributed by atoms with Crippen LogP contribution in [0.25, 0.3) is 0 Å². The van der Waals surface area contributed by atoms with Crippen molar-refractivity contribution in [3.8, 4) is 11.5 Å². The minimum atomic E-state index is 0. The molecule has 2 aliphatic heterocycles. The number of hydrogen-bond donors (Lipinski definition) is 2. The molecule has 0 aromatic heterocycles. The number of nitrogens with one attached hydrogen (secondary N) is 2. The Morgan fingerprint density at radius 1 is 1.23 bits per heavy atom. The number of methoxy groups -OCH3 is 1. The Hall–Kier alpha value is -1.22. The molecule has 3 atom stereocenters. The first-order valence-electron chi connectivity index (χ1n) is 9.25. The van der Waals surface area contributed by atoms with Crippen LogP contribution in [0.3, 0.4) is 0 Å². The molecule has 2 aliphatic rings. The second kappa shape index (κ2) is 10.8. The van der Waals surface area contributed by atoms with Gasteiger partial charge in [0.05, 0.1) is 32.0 Å². The van der Waals surface area contributed by atoms with Crippen molar-refractivity contribution in [2.45, 2.75) is 50.9 Å². The van der Waals surface area contributed by atoms with Crippen LogP contribution in [0.1, 0.15) is 32.6 Å². The van der Waals surface area contributed by atoms with Gasteiger partial charge >= 0.3 is 0 Å². The van der Waals surface area contributed by atoms with E-state index >= 15 is 0 Å². The molecular formula is C19H30IN3O3. The summed E-state index contributed by atoms with van der Waals surface area (Å²) >= 11 is 0. The molecular weight excluding hydrogens is 445 g/mol. The first-order valence-corrected chi connectivity index (χ1v) is 9.25. The van der Waals surface area contributed by atoms with Crippen LogP contribution in [0, 0.1) is 0 Å². The zero-order chi connectivity index (χ0) is 17.5. The molecule has 2 heterocycles. The van der Waals surface area contributed by atoms with Gasteiger partial charge < -0.3 is 24.8 Å². The van der Waals surface area contributed by atoms with Gasteiger partial charge in [0.25, 0.3) is 0 Å². The van der Waals surface area contributed by atoms with Gasteiger partial charge in [0.1, 0.15) is 11.5 Å². The maximum Gasteiger partial charge on any atom is 0.191 e. The molecule has 0 aliphatic carbocycles. The van der Waals surface area contributed by atoms with Crippen molar-refractivity contribution in [3.05, 3.63) is 24.3 Å². The first-order chi connectivity index (χ1) is 12.3. The zero-order valence-electron chi connectivity index (χ0n) is 15.6. The van der Waals surface area contributed by atoms with Gasteiger partial charge in [-0.05, 0) is 50.5 Å². The maximum atomic E-state index is 5.90. The highest BCUT2D eigenvalue weighted by Gasteiger charge is 2.41. The predicted molar refractivity (Wildman–Crippen MR) is 114 cm³/mol. The van der Waals surface area contributed by atoms with Gasteiger partial charge in [0.2, 0.25) is 0 Å². The van der Waals surface area contributed by atoms with Crippen LogP contribution in [0.5, 0.6) is 11.5 Å². The van der Waals surface area contributed by atoms with Crippen molar-refractivity contribution in [1.29, 1.82) is 0 Å². The van der Waals surface area contributed by atoms with Gasteiger partial charge in [-0.1, -0.05) is 0 Å². The number of nitrogens with zero attached hydrogens (tertiary/aromatic N) is 1. The Morgan fingerprint density at radius 3 is 2.62 bits per heavy atom. The SMILES string of the molecule is CCNC(=NCCCOc1ccc(OC)cc1)NC1CC2CCC1O2.I. The molecule has 1 aromatic carbocycles. The fourth-order valence-electron chi connectivity index (χ4n) is 3.40. The molecule has 0 saturated carbocycles. The van der Waals surface area contributed by atoms with Crippen LogP contribution >= 0.6 is 24.0 Å². The second-order valence-electron chi connectivity index (χ2n) is 6.50. The Bertz CT molecular complexity index is 568. The van der Waals surface area contributed by atoms with Crippen molar-refractivity contribution in [2.75, 3.05) is 26.8 Å². The number of benzene rings is 1. The summed E-state index contributed by atoms with van der Waals surface area (Å²) in [6, 6.07) is 8.04. The smallest absolute Gasteiger partial charge is 0.191 e. The number of ether oxygens (including phenoxy) is 3. The van der Waals surface area contributed by atoms with Gasteiger partial charge in [0, 0.05) is 19.5 Å². The summed E-state index contributed by atoms with van der Waals surface area (Å²) in [6.07, 6.45) is 5.14. The molecule has 2 N–H and O–H groups in total. The summed E-state index contributed by atoms with van der Waals surface area (Å²) in [5, 5.41) is 6.85. The summed E-state index contributed by atoms with van der Waals surface area (Å²) < 4.78 is 16.8. The van der Waals surface area contributed by atoms with E-state index in [1.54, 1.807) is 7.11 Å². The van der Waals surface area contributed by atoms with E-state index in [1.165, 1.54) is 6.42 Å². The van der Waals surface area contributed by atoms with Crippen molar-refractivity contribution in [1.82, 2.24) is 10.6 Å². The van der Waals surface area contributed by atoms with E-state index in [-0.39, 0.29) is 24.0 Å². The molecule has 2 fully saturated rings. The summed E-state index contributed by atoms with van der Waals surface area (Å²) in [5.41, 5.74) is 0. The van der Waals surface area contributed by atoms with E-state index in [0.29, 0.717) is 24.9 Å². The van der Waals surface area contributed by atoms with Gasteiger partial charge in [-0.3, -0.25) is 4.99 Å². The number of rotatable bonds is 8. The van der Waals surface area contributed by atoms with E-state index in [1.807, 2.05) is 24.3 Å². The zero-order valence-corrected chi connectivity index (χ0v) is 17.9. The third kappa shape index (κ3) is 5.90. The second-order valence-corrected chi connectivity index (χ2v) is 6.50. The molecule has 26 heavy (non-hydrogen) atoms. The van der Waals surface area contributed by atoms with Gasteiger partial charge in [-0.25, -0.2) is 0 Å². The Morgan fingerprint density at radius 2 is 2.00 bits per heavy atom. The quantitative estimate of drug-likeness (QED) is 0.262. The summed E-state index contributed by atoms with van der Waals surface area (Å²) in [6.45, 7) is 4.32. The first kappa shape index (κ1) is 21.1. The molecule has 146 valence electrons. The number of hydrogen-bond acceptors (Lipinski definition) is 4. The number of halogens is 1. The third-order valence-corrected chi connectivity index (χ3v) is 4.67. The predicted octanol–water partition coefficient (Wildman–Crippen LogP) is 2.96. The Labute approximate surface area is 173 Å². The van der Waals surface area contributed by atoms with Crippen LogP contribution in [0.2, 0.25) is 0 Å². The lowest BCUT2D eigenvalue weighted by Crippen LogP contribution is -2.47. The lowest BCUT2D eigenvalue weighted by molar-refractivity contribution is 0.0992. The van der Waals surface area contributed by atoms with E-state index in [2.05, 4.69) is 22.5 Å². The topological polar surface area (TPSA) is 64.1 Å². The molecule has 3 unspecified atom stereocenters. The summed E-state index contributed by atoms with van der Waals surface area (Å²) in [4.78, 5) is 4.66. The Kier molecular flexibility index (Phi) is 8.77. The minimum absolute atomic E-state index is 0. The van der Waals surface area contributed by atoms with E-state index in [4.69, 9.17) is 14.2 Å². The molecule has 0 amide bonds. The number of guanidine groups is 1. The summed E-state index contributed by atoms with van der Waals surface area (Å²) in [7, 11) is 1.66. The van der Waals surface area contributed by atoms with Gasteiger partial charge in [-0.15, -0.1) is 24.0 Å². The largest absolute Gasteiger partial charge is 0.497 e. The van der Waals surface area contributed by atoms with Crippen molar-refractivity contribution in [2.24, 2.45) is 4.99 Å². The van der Waals surface area contributed by atoms with E-state index in [9.17, 15) is 0 Å². The monoisotopic (exact) mass is 475 g/mol. The van der Waals surface area contributed by atoms with E-state index in [0.717, 1.165) is 49.8 Å². The van der Waals surface area contributed by atoms with Gasteiger partial charge in [-0.2, -0.15) is 0 Å². The highest BCUT2D eigenvalue weighted by atomic mass is 127. The summed E-state index contributed by atoms with van der Waals surface area (Å²) in [5.74, 6) is 2.57. The fraction of sp³-hybridized carbons (Fsp3) is 0.632. The lowest BCUT2D eigenvalue weighted by Gasteiger charge is -2.22. The molecule has 2 bridgehead atoms.